The molecule has 11 nitrogen and oxygen atoms in total. The Balaban J connectivity index is 0.000000603. The Hall–Kier alpha value is -4.60. The first kappa shape index (κ1) is 40.6. The summed E-state index contributed by atoms with van der Waals surface area (Å²) in [4.78, 5) is 19.5. The number of fused-ring (bicyclic) bond motifs is 1. The highest BCUT2D eigenvalue weighted by Crippen LogP contribution is 2.40. The molecule has 5 rings (SSSR count). The number of carboxylic acid groups (broad SMARTS) is 1. The van der Waals surface area contributed by atoms with Gasteiger partial charge in [-0.3, -0.25) is 4.79 Å². The van der Waals surface area contributed by atoms with E-state index in [9.17, 15) is 17.6 Å². The number of nitrogens with two attached hydrogens (primary N) is 1. The zero-order valence-electron chi connectivity index (χ0n) is 28.2. The lowest BCUT2D eigenvalue weighted by atomic mass is 10.1. The minimum absolute atomic E-state index is 0.00926. The zero-order valence-corrected chi connectivity index (χ0v) is 28.2. The van der Waals surface area contributed by atoms with Gasteiger partial charge in [0, 0.05) is 63.6 Å². The molecule has 49 heavy (non-hydrogen) atoms. The van der Waals surface area contributed by atoms with E-state index in [1.54, 1.807) is 24.1 Å². The van der Waals surface area contributed by atoms with Crippen LogP contribution >= 0.6 is 0 Å². The molecular formula is C34H45F4N5O6. The number of aliphatic imine (C=N–C) groups is 1. The predicted octanol–water partition coefficient (Wildman–Crippen LogP) is 5.11. The summed E-state index contributed by atoms with van der Waals surface area (Å²) in [6.45, 7) is 5.65. The number of ether oxygens (including phenoxy) is 2. The zero-order chi connectivity index (χ0) is 36.7. The molecule has 1 atom stereocenters. The lowest BCUT2D eigenvalue weighted by Gasteiger charge is -2.42. The largest absolute Gasteiger partial charge is 0.497 e. The number of anilines is 2. The first-order valence-corrected chi connectivity index (χ1v) is 15.4. The van der Waals surface area contributed by atoms with Crippen molar-refractivity contribution in [2.75, 3.05) is 63.9 Å². The summed E-state index contributed by atoms with van der Waals surface area (Å²) in [5.41, 5.74) is 6.45. The minimum Gasteiger partial charge on any atom is -0.497 e. The molecule has 2 aliphatic rings. The number of hydrogen-bond acceptors (Lipinski definition) is 10. The summed E-state index contributed by atoms with van der Waals surface area (Å²) < 4.78 is 66.3. The van der Waals surface area contributed by atoms with E-state index in [0.717, 1.165) is 44.0 Å². The summed E-state index contributed by atoms with van der Waals surface area (Å²) in [6.07, 6.45) is -3.67. The minimum atomic E-state index is -4.53. The van der Waals surface area contributed by atoms with Gasteiger partial charge in [-0.2, -0.15) is 13.2 Å². The molecule has 5 N–H and O–H groups in total. The van der Waals surface area contributed by atoms with Crippen molar-refractivity contribution in [2.45, 2.75) is 39.0 Å². The maximum atomic E-state index is 14.7. The average molecular weight is 696 g/mol. The standard InChI is InChI=1S/C27H26F4N4O2.C4H11NO.C2H4O2.CH4O/c1-36-21-7-4-6-20(16-21)33-11-13-34(14-12-33)26-32-25-18(5-3-8-22(25)28)17-35(26)23-15-19(27(29,30)31)9-10-24(23)37-2;1-2-4(5)3-6;1-2(3)4;1-2/h3-10,15-16H,11-14,17H2,1-2H3;4,6H,2-3,5H2,1H3;1H3,(H,3,4);2H,1H3. The van der Waals surface area contributed by atoms with Crippen molar-refractivity contribution in [2.24, 2.45) is 10.7 Å². The molecule has 2 aliphatic heterocycles. The van der Waals surface area contributed by atoms with E-state index in [2.05, 4.69) is 9.89 Å². The molecular weight excluding hydrogens is 650 g/mol. The summed E-state index contributed by atoms with van der Waals surface area (Å²) in [5, 5.41) is 22.6. The number of alkyl halides is 3. The van der Waals surface area contributed by atoms with Gasteiger partial charge in [0.15, 0.2) is 0 Å². The number of piperazine rings is 1. The molecule has 0 aromatic heterocycles. The van der Waals surface area contributed by atoms with Gasteiger partial charge < -0.3 is 45.2 Å². The SMILES string of the molecule is CC(=O)O.CCC(N)CO.CO.COc1cccc(N2CCN(C3=Nc4c(F)cccc4CN3c3cc(C(F)(F)F)ccc3OC)CC2)c1. The fourth-order valence-corrected chi connectivity index (χ4v) is 4.83. The molecule has 0 amide bonds. The Bertz CT molecular complexity index is 1510. The van der Waals surface area contributed by atoms with Crippen LogP contribution in [0, 0.1) is 5.82 Å². The fourth-order valence-electron chi connectivity index (χ4n) is 4.83. The first-order valence-electron chi connectivity index (χ1n) is 15.4. The van der Waals surface area contributed by atoms with Crippen molar-refractivity contribution in [3.8, 4) is 11.5 Å². The van der Waals surface area contributed by atoms with Gasteiger partial charge in [-0.15, -0.1) is 0 Å². The molecule has 270 valence electrons. The van der Waals surface area contributed by atoms with Crippen molar-refractivity contribution in [1.82, 2.24) is 4.90 Å². The smallest absolute Gasteiger partial charge is 0.416 e. The molecule has 3 aromatic rings. The number of carbonyl (C=O) groups is 1. The third-order valence-electron chi connectivity index (χ3n) is 7.39. The van der Waals surface area contributed by atoms with Gasteiger partial charge in [0.1, 0.15) is 23.0 Å². The normalized spacial score (nSPS) is 14.4. The monoisotopic (exact) mass is 695 g/mol. The molecule has 1 unspecified atom stereocenters. The number of halogens is 4. The molecule has 2 heterocycles. The molecule has 3 aromatic carbocycles. The number of hydrogen-bond donors (Lipinski definition) is 4. The fraction of sp³-hybridized carbons (Fsp3) is 0.412. The number of guanidine groups is 1. The van der Waals surface area contributed by atoms with Crippen LogP contribution in [0.1, 0.15) is 31.4 Å². The molecule has 0 bridgehead atoms. The first-order chi connectivity index (χ1) is 23.3. The van der Waals surface area contributed by atoms with Crippen molar-refractivity contribution >= 4 is 29.0 Å². The quantitative estimate of drug-likeness (QED) is 0.257. The second kappa shape index (κ2) is 19.4. The van der Waals surface area contributed by atoms with Crippen LogP contribution in [0.15, 0.2) is 65.7 Å². The second-order valence-corrected chi connectivity index (χ2v) is 10.7. The van der Waals surface area contributed by atoms with E-state index in [1.807, 2.05) is 36.1 Å². The van der Waals surface area contributed by atoms with E-state index in [1.165, 1.54) is 19.2 Å². The second-order valence-electron chi connectivity index (χ2n) is 10.7. The van der Waals surface area contributed by atoms with Gasteiger partial charge in [-0.1, -0.05) is 25.1 Å². The Morgan fingerprint density at radius 1 is 0.980 bits per heavy atom. The average Bonchev–Trinajstić information content (AvgIpc) is 3.11. The van der Waals surface area contributed by atoms with E-state index < -0.39 is 23.5 Å². The number of aliphatic carboxylic acids is 1. The van der Waals surface area contributed by atoms with Crippen molar-refractivity contribution < 1.29 is 47.1 Å². The predicted molar refractivity (Wildman–Crippen MR) is 181 cm³/mol. The Kier molecular flexibility index (Phi) is 16.1. The van der Waals surface area contributed by atoms with E-state index in [-0.39, 0.29) is 36.3 Å². The summed E-state index contributed by atoms with van der Waals surface area (Å²) >= 11 is 0. The number of aliphatic hydroxyl groups excluding tert-OH is 2. The van der Waals surface area contributed by atoms with Crippen molar-refractivity contribution in [3.63, 3.8) is 0 Å². The summed E-state index contributed by atoms with van der Waals surface area (Å²) in [5.74, 6) is 0.114. The highest BCUT2D eigenvalue weighted by Gasteiger charge is 2.35. The Labute approximate surface area is 283 Å². The van der Waals surface area contributed by atoms with Gasteiger partial charge in [0.05, 0.1) is 38.6 Å². The number of aliphatic hydroxyl groups is 2. The molecule has 15 heteroatoms. The number of para-hydroxylation sites is 1. The molecule has 0 saturated carbocycles. The molecule has 0 aliphatic carbocycles. The van der Waals surface area contributed by atoms with Gasteiger partial charge in [0.2, 0.25) is 5.96 Å². The van der Waals surface area contributed by atoms with Crippen LogP contribution in [0.2, 0.25) is 0 Å². The molecule has 0 spiro atoms. The van der Waals surface area contributed by atoms with Crippen molar-refractivity contribution in [1.29, 1.82) is 0 Å². The van der Waals surface area contributed by atoms with Crippen LogP contribution in [0.4, 0.5) is 34.6 Å². The van der Waals surface area contributed by atoms with Crippen LogP contribution in [-0.2, 0) is 17.5 Å². The van der Waals surface area contributed by atoms with Crippen LogP contribution in [0.5, 0.6) is 11.5 Å². The highest BCUT2D eigenvalue weighted by molar-refractivity contribution is 6.01. The van der Waals surface area contributed by atoms with E-state index in [0.29, 0.717) is 37.7 Å². The van der Waals surface area contributed by atoms with Gasteiger partial charge in [0.25, 0.3) is 5.97 Å². The lowest BCUT2D eigenvalue weighted by molar-refractivity contribution is -0.137. The molecule has 0 radical (unpaired) electrons. The van der Waals surface area contributed by atoms with Gasteiger partial charge in [-0.25, -0.2) is 9.38 Å². The van der Waals surface area contributed by atoms with Crippen LogP contribution in [0.25, 0.3) is 0 Å². The highest BCUT2D eigenvalue weighted by atomic mass is 19.4. The summed E-state index contributed by atoms with van der Waals surface area (Å²) in [6, 6.07) is 15.7. The van der Waals surface area contributed by atoms with Crippen molar-refractivity contribution in [3.05, 3.63) is 77.6 Å². The van der Waals surface area contributed by atoms with Gasteiger partial charge in [-0.05, 0) is 42.8 Å². The maximum Gasteiger partial charge on any atom is 0.416 e. The number of benzene rings is 3. The third kappa shape index (κ3) is 11.5. The molecule has 1 saturated heterocycles. The van der Waals surface area contributed by atoms with Crippen LogP contribution in [-0.4, -0.2) is 92.3 Å². The maximum absolute atomic E-state index is 14.7. The third-order valence-corrected chi connectivity index (χ3v) is 7.39. The lowest BCUT2D eigenvalue weighted by Crippen LogP contribution is -2.54. The Morgan fingerprint density at radius 2 is 1.59 bits per heavy atom. The number of nitrogens with zero attached hydrogens (tertiary/aromatic N) is 4. The van der Waals surface area contributed by atoms with Gasteiger partial charge >= 0.3 is 6.18 Å². The Morgan fingerprint density at radius 3 is 2.12 bits per heavy atom. The van der Waals surface area contributed by atoms with Crippen LogP contribution in [0.3, 0.4) is 0 Å². The molecule has 1 fully saturated rings. The van der Waals surface area contributed by atoms with E-state index in [4.69, 9.17) is 35.3 Å². The number of methoxy groups -OCH3 is 2. The number of carboxylic acids is 1. The number of rotatable bonds is 6. The summed E-state index contributed by atoms with van der Waals surface area (Å²) in [7, 11) is 4.03. The van der Waals surface area contributed by atoms with Crippen LogP contribution < -0.4 is 25.0 Å². The van der Waals surface area contributed by atoms with E-state index >= 15 is 0 Å². The topological polar surface area (TPSA) is 144 Å².